The number of unbranched alkanes of at least 4 members (excludes halogenated alkanes) is 1. The molecular formula is C15H21BrN2O2. The van der Waals surface area contributed by atoms with Gasteiger partial charge in [-0.05, 0) is 31.0 Å². The maximum Gasteiger partial charge on any atom is 0.240 e. The molecule has 0 bridgehead atoms. The van der Waals surface area contributed by atoms with Gasteiger partial charge in [-0.3, -0.25) is 9.59 Å². The van der Waals surface area contributed by atoms with Crippen molar-refractivity contribution in [3.05, 3.63) is 28.2 Å². The number of hydrogen-bond donors (Lipinski definition) is 1. The summed E-state index contributed by atoms with van der Waals surface area (Å²) in [5.41, 5.74) is 1.81. The SMILES string of the molecule is CCCCNC(=O)CN(C(C)=O)c1ccc(C)c(Br)c1. The molecule has 0 saturated heterocycles. The average Bonchev–Trinajstić information content (AvgIpc) is 2.39. The minimum Gasteiger partial charge on any atom is -0.355 e. The van der Waals surface area contributed by atoms with Crippen molar-refractivity contribution < 1.29 is 9.59 Å². The monoisotopic (exact) mass is 340 g/mol. The summed E-state index contributed by atoms with van der Waals surface area (Å²) in [5.74, 6) is -0.281. The van der Waals surface area contributed by atoms with Crippen molar-refractivity contribution in [1.29, 1.82) is 0 Å². The molecule has 0 saturated carbocycles. The van der Waals surface area contributed by atoms with Gasteiger partial charge in [0.05, 0.1) is 0 Å². The number of carbonyl (C=O) groups excluding carboxylic acids is 2. The van der Waals surface area contributed by atoms with Gasteiger partial charge in [0, 0.05) is 23.6 Å². The van der Waals surface area contributed by atoms with E-state index in [4.69, 9.17) is 0 Å². The molecule has 20 heavy (non-hydrogen) atoms. The predicted molar refractivity (Wildman–Crippen MR) is 84.8 cm³/mol. The van der Waals surface area contributed by atoms with Gasteiger partial charge < -0.3 is 10.2 Å². The third-order valence-electron chi connectivity index (χ3n) is 3.00. The van der Waals surface area contributed by atoms with E-state index in [1.165, 1.54) is 11.8 Å². The zero-order chi connectivity index (χ0) is 15.1. The third-order valence-corrected chi connectivity index (χ3v) is 3.86. The summed E-state index contributed by atoms with van der Waals surface area (Å²) in [6.45, 7) is 6.21. The quantitative estimate of drug-likeness (QED) is 0.809. The van der Waals surface area contributed by atoms with E-state index in [0.717, 1.165) is 28.6 Å². The highest BCUT2D eigenvalue weighted by Crippen LogP contribution is 2.23. The van der Waals surface area contributed by atoms with Crippen LogP contribution in [0.4, 0.5) is 5.69 Å². The van der Waals surface area contributed by atoms with E-state index in [1.807, 2.05) is 25.1 Å². The minimum atomic E-state index is -0.147. The second-order valence-corrected chi connectivity index (χ2v) is 5.60. The van der Waals surface area contributed by atoms with E-state index >= 15 is 0 Å². The lowest BCUT2D eigenvalue weighted by Gasteiger charge is -2.21. The number of carbonyl (C=O) groups is 2. The number of anilines is 1. The molecule has 0 fully saturated rings. The lowest BCUT2D eigenvalue weighted by molar-refractivity contribution is -0.123. The second-order valence-electron chi connectivity index (χ2n) is 4.74. The number of nitrogens with zero attached hydrogens (tertiary/aromatic N) is 1. The molecule has 110 valence electrons. The van der Waals surface area contributed by atoms with Gasteiger partial charge in [-0.1, -0.05) is 35.3 Å². The van der Waals surface area contributed by atoms with Crippen LogP contribution in [0.25, 0.3) is 0 Å². The van der Waals surface area contributed by atoms with Crippen molar-refractivity contribution in [3.63, 3.8) is 0 Å². The van der Waals surface area contributed by atoms with Gasteiger partial charge in [-0.25, -0.2) is 0 Å². The van der Waals surface area contributed by atoms with Crippen LogP contribution in [0.3, 0.4) is 0 Å². The van der Waals surface area contributed by atoms with Gasteiger partial charge in [0.2, 0.25) is 11.8 Å². The summed E-state index contributed by atoms with van der Waals surface area (Å²) in [7, 11) is 0. The average molecular weight is 341 g/mol. The molecule has 0 radical (unpaired) electrons. The molecule has 0 unspecified atom stereocenters. The molecule has 4 nitrogen and oxygen atoms in total. The van der Waals surface area contributed by atoms with Crippen LogP contribution in [0.5, 0.6) is 0 Å². The highest BCUT2D eigenvalue weighted by Gasteiger charge is 2.16. The van der Waals surface area contributed by atoms with Crippen molar-refractivity contribution in [1.82, 2.24) is 5.32 Å². The molecule has 1 aromatic rings. The Morgan fingerprint density at radius 2 is 2.05 bits per heavy atom. The number of benzene rings is 1. The first-order valence-electron chi connectivity index (χ1n) is 6.76. The third kappa shape index (κ3) is 4.96. The number of rotatable bonds is 6. The maximum atomic E-state index is 11.8. The number of halogens is 1. The van der Waals surface area contributed by atoms with Crippen LogP contribution in [0.1, 0.15) is 32.3 Å². The van der Waals surface area contributed by atoms with E-state index in [9.17, 15) is 9.59 Å². The van der Waals surface area contributed by atoms with E-state index in [1.54, 1.807) is 0 Å². The molecule has 1 N–H and O–H groups in total. The topological polar surface area (TPSA) is 49.4 Å². The molecular weight excluding hydrogens is 320 g/mol. The Bertz CT molecular complexity index is 489. The molecule has 0 atom stereocenters. The fourth-order valence-electron chi connectivity index (χ4n) is 1.74. The maximum absolute atomic E-state index is 11.8. The van der Waals surface area contributed by atoms with E-state index in [-0.39, 0.29) is 18.4 Å². The first-order valence-corrected chi connectivity index (χ1v) is 7.56. The zero-order valence-electron chi connectivity index (χ0n) is 12.2. The van der Waals surface area contributed by atoms with Gasteiger partial charge in [-0.2, -0.15) is 0 Å². The largest absolute Gasteiger partial charge is 0.355 e. The van der Waals surface area contributed by atoms with Crippen LogP contribution in [0, 0.1) is 6.92 Å². The molecule has 0 heterocycles. The van der Waals surface area contributed by atoms with Gasteiger partial charge >= 0.3 is 0 Å². The highest BCUT2D eigenvalue weighted by molar-refractivity contribution is 9.10. The van der Waals surface area contributed by atoms with Gasteiger partial charge in [-0.15, -0.1) is 0 Å². The molecule has 0 aliphatic heterocycles. The zero-order valence-corrected chi connectivity index (χ0v) is 13.8. The predicted octanol–water partition coefficient (Wildman–Crippen LogP) is 3.03. The van der Waals surface area contributed by atoms with E-state index in [0.29, 0.717) is 6.54 Å². The molecule has 0 aliphatic rings. The summed E-state index contributed by atoms with van der Waals surface area (Å²) in [4.78, 5) is 25.1. The summed E-state index contributed by atoms with van der Waals surface area (Å²) in [6, 6.07) is 5.63. The smallest absolute Gasteiger partial charge is 0.240 e. The molecule has 5 heteroatoms. The molecule has 2 amide bonds. The number of nitrogens with one attached hydrogen (secondary N) is 1. The first kappa shape index (κ1) is 16.7. The fraction of sp³-hybridized carbons (Fsp3) is 0.467. The van der Waals surface area contributed by atoms with E-state index in [2.05, 4.69) is 28.2 Å². The number of amides is 2. The van der Waals surface area contributed by atoms with Crippen LogP contribution in [0.15, 0.2) is 22.7 Å². The lowest BCUT2D eigenvalue weighted by Crippen LogP contribution is -2.40. The fourth-order valence-corrected chi connectivity index (χ4v) is 2.10. The van der Waals surface area contributed by atoms with Crippen molar-refractivity contribution in [3.8, 4) is 0 Å². The van der Waals surface area contributed by atoms with Gasteiger partial charge in [0.25, 0.3) is 0 Å². The molecule has 1 rings (SSSR count). The van der Waals surface area contributed by atoms with E-state index < -0.39 is 0 Å². The van der Waals surface area contributed by atoms with Gasteiger partial charge in [0.1, 0.15) is 6.54 Å². The minimum absolute atomic E-state index is 0.0501. The Morgan fingerprint density at radius 1 is 1.35 bits per heavy atom. The first-order chi connectivity index (χ1) is 9.45. The van der Waals surface area contributed by atoms with Crippen LogP contribution in [0.2, 0.25) is 0 Å². The van der Waals surface area contributed by atoms with Crippen molar-refractivity contribution in [2.75, 3.05) is 18.0 Å². The number of hydrogen-bond acceptors (Lipinski definition) is 2. The molecule has 1 aromatic carbocycles. The van der Waals surface area contributed by atoms with Crippen molar-refractivity contribution >= 4 is 33.4 Å². The Kier molecular flexibility index (Phi) is 6.71. The summed E-state index contributed by atoms with van der Waals surface area (Å²) >= 11 is 3.44. The van der Waals surface area contributed by atoms with Gasteiger partial charge in [0.15, 0.2) is 0 Å². The summed E-state index contributed by atoms with van der Waals surface area (Å²) < 4.78 is 0.924. The van der Waals surface area contributed by atoms with Crippen LogP contribution in [-0.2, 0) is 9.59 Å². The highest BCUT2D eigenvalue weighted by atomic mass is 79.9. The summed E-state index contributed by atoms with van der Waals surface area (Å²) in [6.07, 6.45) is 1.98. The van der Waals surface area contributed by atoms with Crippen LogP contribution < -0.4 is 10.2 Å². The Morgan fingerprint density at radius 3 is 2.60 bits per heavy atom. The summed E-state index contributed by atoms with van der Waals surface area (Å²) in [5, 5.41) is 2.82. The van der Waals surface area contributed by atoms with Crippen molar-refractivity contribution in [2.45, 2.75) is 33.6 Å². The second kappa shape index (κ2) is 8.04. The Balaban J connectivity index is 2.76. The molecule has 0 spiro atoms. The normalized spacial score (nSPS) is 10.2. The van der Waals surface area contributed by atoms with Crippen molar-refractivity contribution in [2.24, 2.45) is 0 Å². The lowest BCUT2D eigenvalue weighted by atomic mass is 10.2. The standard InChI is InChI=1S/C15H21BrN2O2/c1-4-5-8-17-15(20)10-18(12(3)19)13-7-6-11(2)14(16)9-13/h6-7,9H,4-5,8,10H2,1-3H3,(H,17,20). The Hall–Kier alpha value is -1.36. The Labute approximate surface area is 128 Å². The number of aryl methyl sites for hydroxylation is 1. The molecule has 0 aromatic heterocycles. The van der Waals surface area contributed by atoms with Crippen LogP contribution in [-0.4, -0.2) is 24.9 Å². The molecule has 0 aliphatic carbocycles. The van der Waals surface area contributed by atoms with Crippen LogP contribution >= 0.6 is 15.9 Å².